The molecular formula is C13H15Cl2NO2. The molecule has 0 radical (unpaired) electrons. The summed E-state index contributed by atoms with van der Waals surface area (Å²) in [6, 6.07) is 4.89. The van der Waals surface area contributed by atoms with Crippen LogP contribution in [-0.2, 0) is 0 Å². The Kier molecular flexibility index (Phi) is 4.62. The molecular weight excluding hydrogens is 273 g/mol. The lowest BCUT2D eigenvalue weighted by Crippen LogP contribution is -2.41. The fraction of sp³-hybridized carbons (Fsp3) is 0.462. The van der Waals surface area contributed by atoms with Crippen LogP contribution in [0.2, 0.25) is 10.0 Å². The number of likely N-dealkylation sites (tertiary alicyclic amines) is 1. The minimum atomic E-state index is -0.319. The van der Waals surface area contributed by atoms with Crippen LogP contribution in [-0.4, -0.2) is 41.5 Å². The van der Waals surface area contributed by atoms with E-state index in [-0.39, 0.29) is 11.9 Å². The number of aliphatic hydroxyl groups is 1. The van der Waals surface area contributed by atoms with Crippen LogP contribution in [0, 0.1) is 0 Å². The number of hydrogen-bond donors (Lipinski definition) is 1. The van der Waals surface area contributed by atoms with Gasteiger partial charge in [0.15, 0.2) is 5.78 Å². The van der Waals surface area contributed by atoms with Gasteiger partial charge in [0.2, 0.25) is 0 Å². The number of halogens is 2. The number of benzene rings is 1. The third-order valence-electron chi connectivity index (χ3n) is 3.09. The summed E-state index contributed by atoms with van der Waals surface area (Å²) in [6.45, 7) is 1.73. The van der Waals surface area contributed by atoms with E-state index in [1.54, 1.807) is 18.2 Å². The minimum absolute atomic E-state index is 0.00247. The SMILES string of the molecule is O=C(CN1CCCC(O)C1)c1ccc(Cl)c(Cl)c1. The number of piperidine rings is 1. The number of β-amino-alcohol motifs (C(OH)–C–C–N with tert-alkyl or cyclic N) is 1. The van der Waals surface area contributed by atoms with Crippen molar-refractivity contribution in [1.29, 1.82) is 0 Å². The monoisotopic (exact) mass is 287 g/mol. The van der Waals surface area contributed by atoms with Gasteiger partial charge in [0.25, 0.3) is 0 Å². The summed E-state index contributed by atoms with van der Waals surface area (Å²) >= 11 is 11.7. The fourth-order valence-corrected chi connectivity index (χ4v) is 2.44. The van der Waals surface area contributed by atoms with Crippen LogP contribution in [0.3, 0.4) is 0 Å². The van der Waals surface area contributed by atoms with Gasteiger partial charge in [0.1, 0.15) is 0 Å². The van der Waals surface area contributed by atoms with E-state index in [4.69, 9.17) is 23.2 Å². The van der Waals surface area contributed by atoms with E-state index in [0.717, 1.165) is 19.4 Å². The van der Waals surface area contributed by atoms with Crippen molar-refractivity contribution in [3.05, 3.63) is 33.8 Å². The highest BCUT2D eigenvalue weighted by Gasteiger charge is 2.20. The van der Waals surface area contributed by atoms with E-state index in [9.17, 15) is 9.90 Å². The summed E-state index contributed by atoms with van der Waals surface area (Å²) in [5.41, 5.74) is 0.560. The number of carbonyl (C=O) groups is 1. The number of hydrogen-bond acceptors (Lipinski definition) is 3. The Morgan fingerprint density at radius 2 is 2.17 bits per heavy atom. The normalized spacial score (nSPS) is 20.9. The largest absolute Gasteiger partial charge is 0.392 e. The van der Waals surface area contributed by atoms with Gasteiger partial charge < -0.3 is 5.11 Å². The van der Waals surface area contributed by atoms with Gasteiger partial charge in [0, 0.05) is 12.1 Å². The van der Waals surface area contributed by atoms with Crippen molar-refractivity contribution in [3.8, 4) is 0 Å². The highest BCUT2D eigenvalue weighted by Crippen LogP contribution is 2.23. The van der Waals surface area contributed by atoms with Gasteiger partial charge in [-0.2, -0.15) is 0 Å². The zero-order chi connectivity index (χ0) is 13.1. The maximum atomic E-state index is 12.1. The number of ketones is 1. The molecule has 1 unspecified atom stereocenters. The molecule has 1 aliphatic heterocycles. The predicted octanol–water partition coefficient (Wildman–Crippen LogP) is 2.63. The predicted molar refractivity (Wildman–Crippen MR) is 72.5 cm³/mol. The van der Waals surface area contributed by atoms with Crippen molar-refractivity contribution in [2.75, 3.05) is 19.6 Å². The Balaban J connectivity index is 2.00. The van der Waals surface area contributed by atoms with E-state index in [0.29, 0.717) is 28.7 Å². The van der Waals surface area contributed by atoms with E-state index in [1.807, 2.05) is 4.90 Å². The first-order chi connectivity index (χ1) is 8.56. The van der Waals surface area contributed by atoms with Crippen molar-refractivity contribution >= 4 is 29.0 Å². The summed E-state index contributed by atoms with van der Waals surface area (Å²) in [6.07, 6.45) is 1.42. The highest BCUT2D eigenvalue weighted by atomic mass is 35.5. The standard InChI is InChI=1S/C13H15Cl2NO2/c14-11-4-3-9(6-12(11)15)13(18)8-16-5-1-2-10(17)7-16/h3-4,6,10,17H,1-2,5,7-8H2. The molecule has 3 nitrogen and oxygen atoms in total. The molecule has 1 aromatic carbocycles. The molecule has 5 heteroatoms. The minimum Gasteiger partial charge on any atom is -0.392 e. The van der Waals surface area contributed by atoms with Gasteiger partial charge in [-0.15, -0.1) is 0 Å². The zero-order valence-electron chi connectivity index (χ0n) is 9.90. The van der Waals surface area contributed by atoms with Gasteiger partial charge in [-0.05, 0) is 37.6 Å². The Hall–Kier alpha value is -0.610. The lowest BCUT2D eigenvalue weighted by atomic mass is 10.1. The first-order valence-corrected chi connectivity index (χ1v) is 6.70. The van der Waals surface area contributed by atoms with Crippen molar-refractivity contribution in [1.82, 2.24) is 4.90 Å². The molecule has 1 atom stereocenters. The average Bonchev–Trinajstić information content (AvgIpc) is 2.32. The molecule has 2 rings (SSSR count). The van der Waals surface area contributed by atoms with Gasteiger partial charge in [0.05, 0.1) is 22.7 Å². The maximum Gasteiger partial charge on any atom is 0.176 e. The number of rotatable bonds is 3. The van der Waals surface area contributed by atoms with Crippen LogP contribution in [0.1, 0.15) is 23.2 Å². The molecule has 1 aromatic rings. The summed E-state index contributed by atoms with van der Waals surface area (Å²) < 4.78 is 0. The fourth-order valence-electron chi connectivity index (χ4n) is 2.14. The van der Waals surface area contributed by atoms with Gasteiger partial charge in [-0.25, -0.2) is 0 Å². The van der Waals surface area contributed by atoms with Crippen LogP contribution in [0.25, 0.3) is 0 Å². The Labute approximate surface area is 116 Å². The number of aliphatic hydroxyl groups excluding tert-OH is 1. The highest BCUT2D eigenvalue weighted by molar-refractivity contribution is 6.42. The summed E-state index contributed by atoms with van der Waals surface area (Å²) in [5.74, 6) is 0.00247. The molecule has 0 aromatic heterocycles. The summed E-state index contributed by atoms with van der Waals surface area (Å²) in [7, 11) is 0. The Morgan fingerprint density at radius 1 is 1.39 bits per heavy atom. The number of carbonyl (C=O) groups excluding carboxylic acids is 1. The quantitative estimate of drug-likeness (QED) is 0.869. The lowest BCUT2D eigenvalue weighted by molar-refractivity contribution is 0.0634. The Morgan fingerprint density at radius 3 is 2.83 bits per heavy atom. The molecule has 1 N–H and O–H groups in total. The van der Waals surface area contributed by atoms with E-state index < -0.39 is 0 Å². The lowest BCUT2D eigenvalue weighted by Gasteiger charge is -2.29. The van der Waals surface area contributed by atoms with Crippen LogP contribution in [0.5, 0.6) is 0 Å². The second-order valence-electron chi connectivity index (χ2n) is 4.58. The molecule has 1 aliphatic rings. The average molecular weight is 288 g/mol. The Bertz CT molecular complexity index is 451. The van der Waals surface area contributed by atoms with E-state index in [1.165, 1.54) is 0 Å². The van der Waals surface area contributed by atoms with Crippen LogP contribution < -0.4 is 0 Å². The molecule has 0 saturated carbocycles. The zero-order valence-corrected chi connectivity index (χ0v) is 11.4. The van der Waals surface area contributed by atoms with Crippen molar-refractivity contribution in [2.45, 2.75) is 18.9 Å². The number of Topliss-reactive ketones (excluding diaryl/α,β-unsaturated/α-hetero) is 1. The summed E-state index contributed by atoms with van der Waals surface area (Å²) in [5, 5.41) is 10.4. The van der Waals surface area contributed by atoms with Crippen molar-refractivity contribution < 1.29 is 9.90 Å². The topological polar surface area (TPSA) is 40.5 Å². The first-order valence-electron chi connectivity index (χ1n) is 5.95. The third kappa shape index (κ3) is 3.45. The summed E-state index contributed by atoms with van der Waals surface area (Å²) in [4.78, 5) is 14.0. The second kappa shape index (κ2) is 6.02. The molecule has 0 bridgehead atoms. The molecule has 1 saturated heterocycles. The second-order valence-corrected chi connectivity index (χ2v) is 5.40. The van der Waals surface area contributed by atoms with Gasteiger partial charge >= 0.3 is 0 Å². The molecule has 0 spiro atoms. The van der Waals surface area contributed by atoms with Gasteiger partial charge in [-0.3, -0.25) is 9.69 Å². The van der Waals surface area contributed by atoms with Crippen LogP contribution in [0.15, 0.2) is 18.2 Å². The van der Waals surface area contributed by atoms with Gasteiger partial charge in [-0.1, -0.05) is 23.2 Å². The van der Waals surface area contributed by atoms with Crippen molar-refractivity contribution in [3.63, 3.8) is 0 Å². The van der Waals surface area contributed by atoms with Crippen LogP contribution in [0.4, 0.5) is 0 Å². The molecule has 1 fully saturated rings. The molecule has 98 valence electrons. The maximum absolute atomic E-state index is 12.1. The smallest absolute Gasteiger partial charge is 0.176 e. The van der Waals surface area contributed by atoms with Crippen LogP contribution >= 0.6 is 23.2 Å². The first kappa shape index (κ1) is 13.8. The molecule has 0 aliphatic carbocycles. The third-order valence-corrected chi connectivity index (χ3v) is 3.83. The molecule has 0 amide bonds. The van der Waals surface area contributed by atoms with Crippen molar-refractivity contribution in [2.24, 2.45) is 0 Å². The molecule has 1 heterocycles. The van der Waals surface area contributed by atoms with E-state index >= 15 is 0 Å². The number of nitrogens with zero attached hydrogens (tertiary/aromatic N) is 1. The molecule has 18 heavy (non-hydrogen) atoms. The van der Waals surface area contributed by atoms with E-state index in [2.05, 4.69) is 0 Å².